The van der Waals surface area contributed by atoms with Crippen molar-refractivity contribution in [2.75, 3.05) is 0 Å². The van der Waals surface area contributed by atoms with Gasteiger partial charge >= 0.3 is 7.48 Å². The fourth-order valence-corrected chi connectivity index (χ4v) is 9.67. The minimum atomic E-state index is -1.01. The Morgan fingerprint density at radius 1 is 0.915 bits per heavy atom. The number of aliphatic hydroxyl groups is 1. The molecule has 0 aromatic heterocycles. The molecule has 0 bridgehead atoms. The molecule has 1 spiro atoms. The van der Waals surface area contributed by atoms with Crippen molar-refractivity contribution in [3.63, 3.8) is 0 Å². The molecular formula is C42H39BNO2S. The first kappa shape index (κ1) is 30.5. The fraction of sp³-hybridized carbons (Fsp3) is 0.310. The Morgan fingerprint density at radius 2 is 1.70 bits per heavy atom. The Kier molecular flexibility index (Phi) is 7.23. The van der Waals surface area contributed by atoms with Crippen molar-refractivity contribution >= 4 is 24.7 Å². The minimum absolute atomic E-state index is 0.0958. The summed E-state index contributed by atoms with van der Waals surface area (Å²) in [5.74, 6) is 0.384. The van der Waals surface area contributed by atoms with Crippen molar-refractivity contribution in [1.82, 2.24) is 0 Å². The van der Waals surface area contributed by atoms with Crippen molar-refractivity contribution < 1.29 is 9.76 Å². The predicted octanol–water partition coefficient (Wildman–Crippen LogP) is 8.20. The normalized spacial score (nSPS) is 29.7. The molecule has 3 nitrogen and oxygen atoms in total. The summed E-state index contributed by atoms with van der Waals surface area (Å²) >= 11 is 2.00. The van der Waals surface area contributed by atoms with E-state index < -0.39 is 11.2 Å². The van der Waals surface area contributed by atoms with Crippen LogP contribution in [0.3, 0.4) is 0 Å². The van der Waals surface area contributed by atoms with E-state index in [2.05, 4.69) is 121 Å². The molecule has 5 heteroatoms. The molecule has 6 unspecified atom stereocenters. The molecule has 1 saturated heterocycles. The van der Waals surface area contributed by atoms with Crippen LogP contribution in [0, 0.1) is 35.0 Å². The van der Waals surface area contributed by atoms with Crippen LogP contribution in [0.25, 0.3) is 11.1 Å². The van der Waals surface area contributed by atoms with E-state index in [-0.39, 0.29) is 29.1 Å². The first-order chi connectivity index (χ1) is 22.6. The first-order valence-electron chi connectivity index (χ1n) is 16.7. The van der Waals surface area contributed by atoms with Gasteiger partial charge in [-0.2, -0.15) is 5.26 Å². The van der Waals surface area contributed by atoms with Crippen LogP contribution in [0.4, 0.5) is 0 Å². The van der Waals surface area contributed by atoms with E-state index in [1.807, 2.05) is 33.1 Å². The van der Waals surface area contributed by atoms with Crippen molar-refractivity contribution in [3.8, 4) is 17.2 Å². The molecule has 47 heavy (non-hydrogen) atoms. The molecule has 1 aliphatic heterocycles. The summed E-state index contributed by atoms with van der Waals surface area (Å²) in [6, 6.07) is 18.2. The molecule has 1 radical (unpaired) electrons. The van der Waals surface area contributed by atoms with Crippen molar-refractivity contribution in [1.29, 1.82) is 5.26 Å². The van der Waals surface area contributed by atoms with Crippen LogP contribution in [0.5, 0.6) is 0 Å². The molecular weight excluding hydrogens is 593 g/mol. The number of benzene rings is 2. The Hall–Kier alpha value is -3.82. The Bertz CT molecular complexity index is 1960. The van der Waals surface area contributed by atoms with Gasteiger partial charge in [-0.05, 0) is 73.1 Å². The molecule has 0 amide bonds. The summed E-state index contributed by atoms with van der Waals surface area (Å²) in [5, 5.41) is 21.0. The molecule has 5 aliphatic carbocycles. The van der Waals surface area contributed by atoms with E-state index >= 15 is 0 Å². The second-order valence-corrected chi connectivity index (χ2v) is 15.7. The van der Waals surface area contributed by atoms with Crippen molar-refractivity contribution in [2.45, 2.75) is 56.0 Å². The maximum atomic E-state index is 10.8. The highest BCUT2D eigenvalue weighted by molar-refractivity contribution is 8.04. The average Bonchev–Trinajstić information content (AvgIpc) is 3.36. The number of allylic oxidation sites excluding steroid dienone is 14. The predicted molar refractivity (Wildman–Crippen MR) is 194 cm³/mol. The standard InChI is InChI=1S/C42H39BNO2S/c1-40(2,45)41(3,4)46-43-28-19-21-33-32-13-7-8-14-34(32)42(36(33)24-28)35-15-9-10-16-38(35)47-39-22-18-26(23-37(39)42)30-20-17-27(25-44)29-11-5-6-12-31(29)30/h5-17,19-24,26-27,29,35,38,45H,18H2,1-4H3. The maximum absolute atomic E-state index is 10.8. The highest BCUT2D eigenvalue weighted by Crippen LogP contribution is 2.66. The molecule has 1 heterocycles. The molecule has 1 fully saturated rings. The minimum Gasteiger partial charge on any atom is -0.427 e. The lowest BCUT2D eigenvalue weighted by Gasteiger charge is -2.50. The van der Waals surface area contributed by atoms with E-state index in [9.17, 15) is 10.4 Å². The van der Waals surface area contributed by atoms with Gasteiger partial charge < -0.3 is 9.76 Å². The van der Waals surface area contributed by atoms with Crippen LogP contribution in [0.1, 0.15) is 45.2 Å². The molecule has 1 N–H and O–H groups in total. The SMILES string of the molecule is CC(C)(O)C(C)(C)O[B]c1ccc2c(c1)C1(C3=CC(C4=C5C=CC=CC5C(C#N)C=C4)CC=C3SC3C=CC=CC31)c1ccccc1-2. The zero-order chi connectivity index (χ0) is 32.6. The van der Waals surface area contributed by atoms with Gasteiger partial charge in [0, 0.05) is 27.9 Å². The lowest BCUT2D eigenvalue weighted by atomic mass is 9.59. The third-order valence-electron chi connectivity index (χ3n) is 11.4. The molecule has 233 valence electrons. The Morgan fingerprint density at radius 3 is 2.53 bits per heavy atom. The molecule has 2 aromatic carbocycles. The number of nitrogens with zero attached hydrogens (tertiary/aromatic N) is 1. The molecule has 6 atom stereocenters. The van der Waals surface area contributed by atoms with Crippen LogP contribution in [-0.4, -0.2) is 29.0 Å². The second kappa shape index (κ2) is 11.1. The highest BCUT2D eigenvalue weighted by Gasteiger charge is 2.57. The zero-order valence-corrected chi connectivity index (χ0v) is 28.2. The fourth-order valence-electron chi connectivity index (χ4n) is 8.22. The summed E-state index contributed by atoms with van der Waals surface area (Å²) in [7, 11) is 1.82. The van der Waals surface area contributed by atoms with E-state index in [4.69, 9.17) is 4.65 Å². The van der Waals surface area contributed by atoms with Gasteiger partial charge in [-0.25, -0.2) is 0 Å². The number of thioether (sulfide) groups is 1. The quantitative estimate of drug-likeness (QED) is 0.338. The van der Waals surface area contributed by atoms with Crippen LogP contribution >= 0.6 is 11.8 Å². The van der Waals surface area contributed by atoms with Crippen LogP contribution in [0.2, 0.25) is 0 Å². The Balaban J connectivity index is 1.31. The third-order valence-corrected chi connectivity index (χ3v) is 12.7. The maximum Gasteiger partial charge on any atom is 0.330 e. The summed E-state index contributed by atoms with van der Waals surface area (Å²) in [5.41, 5.74) is 8.04. The third kappa shape index (κ3) is 4.64. The molecule has 2 aromatic rings. The van der Waals surface area contributed by atoms with E-state index in [1.54, 1.807) is 13.8 Å². The summed E-state index contributed by atoms with van der Waals surface area (Å²) in [4.78, 5) is 1.37. The van der Waals surface area contributed by atoms with E-state index in [1.165, 1.54) is 43.9 Å². The number of fused-ring (bicyclic) bond motifs is 10. The van der Waals surface area contributed by atoms with E-state index in [0.717, 1.165) is 11.9 Å². The summed E-state index contributed by atoms with van der Waals surface area (Å²) in [6.45, 7) is 7.43. The Labute approximate surface area is 283 Å². The van der Waals surface area contributed by atoms with Gasteiger partial charge in [0.2, 0.25) is 0 Å². The molecule has 8 rings (SSSR count). The second-order valence-electron chi connectivity index (χ2n) is 14.5. The number of nitriles is 1. The van der Waals surface area contributed by atoms with Crippen molar-refractivity contribution in [2.24, 2.45) is 23.7 Å². The number of rotatable bonds is 5. The lowest BCUT2D eigenvalue weighted by Crippen LogP contribution is -2.49. The zero-order valence-electron chi connectivity index (χ0n) is 27.4. The molecule has 6 aliphatic rings. The summed E-state index contributed by atoms with van der Waals surface area (Å²) < 4.78 is 6.29. The van der Waals surface area contributed by atoms with Gasteiger partial charge in [0.15, 0.2) is 0 Å². The van der Waals surface area contributed by atoms with Gasteiger partial charge in [-0.3, -0.25) is 0 Å². The number of hydrogen-bond donors (Lipinski definition) is 1. The highest BCUT2D eigenvalue weighted by atomic mass is 32.2. The lowest BCUT2D eigenvalue weighted by molar-refractivity contribution is -0.0893. The van der Waals surface area contributed by atoms with Gasteiger partial charge in [0.05, 0.1) is 28.6 Å². The van der Waals surface area contributed by atoms with Crippen molar-refractivity contribution in [3.05, 3.63) is 148 Å². The number of hydrogen-bond acceptors (Lipinski definition) is 4. The summed E-state index contributed by atoms with van der Waals surface area (Å²) in [6.07, 6.45) is 28.2. The smallest absolute Gasteiger partial charge is 0.330 e. The van der Waals surface area contributed by atoms with Crippen LogP contribution in [0.15, 0.2) is 137 Å². The van der Waals surface area contributed by atoms with E-state index in [0.29, 0.717) is 5.25 Å². The first-order valence-corrected chi connectivity index (χ1v) is 17.6. The molecule has 0 saturated carbocycles. The monoisotopic (exact) mass is 632 g/mol. The van der Waals surface area contributed by atoms with Gasteiger partial charge in [-0.15, -0.1) is 11.8 Å². The average molecular weight is 633 g/mol. The van der Waals surface area contributed by atoms with Crippen LogP contribution in [-0.2, 0) is 10.1 Å². The largest absolute Gasteiger partial charge is 0.427 e. The topological polar surface area (TPSA) is 53.2 Å². The van der Waals surface area contributed by atoms with Crippen LogP contribution < -0.4 is 5.46 Å². The van der Waals surface area contributed by atoms with Gasteiger partial charge in [0.25, 0.3) is 0 Å². The van der Waals surface area contributed by atoms with Gasteiger partial charge in [0.1, 0.15) is 0 Å². The van der Waals surface area contributed by atoms with Gasteiger partial charge in [-0.1, -0.05) is 121 Å².